The summed E-state index contributed by atoms with van der Waals surface area (Å²) in [5, 5.41) is 3.25. The summed E-state index contributed by atoms with van der Waals surface area (Å²) in [6, 6.07) is 13.9. The van der Waals surface area contributed by atoms with Gasteiger partial charge in [0.25, 0.3) is 5.91 Å². The van der Waals surface area contributed by atoms with Crippen LogP contribution < -0.4 is 10.1 Å². The first-order valence-corrected chi connectivity index (χ1v) is 9.66. The average molecular weight is 417 g/mol. The van der Waals surface area contributed by atoms with Crippen LogP contribution in [0.1, 0.15) is 34.3 Å². The lowest BCUT2D eigenvalue weighted by Gasteiger charge is -2.19. The van der Waals surface area contributed by atoms with Crippen molar-refractivity contribution in [2.24, 2.45) is 0 Å². The highest BCUT2D eigenvalue weighted by molar-refractivity contribution is 9.10. The van der Waals surface area contributed by atoms with E-state index >= 15 is 0 Å². The fraction of sp³-hybridized carbons (Fsp3) is 0.381. The molecule has 4 nitrogen and oxygen atoms in total. The van der Waals surface area contributed by atoms with Gasteiger partial charge in [-0.25, -0.2) is 0 Å². The lowest BCUT2D eigenvalue weighted by molar-refractivity contribution is 0.0929. The predicted molar refractivity (Wildman–Crippen MR) is 108 cm³/mol. The Kier molecular flexibility index (Phi) is 5.68. The van der Waals surface area contributed by atoms with E-state index in [1.165, 1.54) is 0 Å². The Bertz CT molecular complexity index is 800. The van der Waals surface area contributed by atoms with Crippen molar-refractivity contribution in [3.05, 3.63) is 63.6 Å². The molecular formula is C21H25BrN2O2. The topological polar surface area (TPSA) is 41.6 Å². The van der Waals surface area contributed by atoms with Gasteiger partial charge >= 0.3 is 0 Å². The molecule has 0 unspecified atom stereocenters. The maximum absolute atomic E-state index is 12.9. The van der Waals surface area contributed by atoms with E-state index in [0.717, 1.165) is 40.7 Å². The second-order valence-corrected chi connectivity index (χ2v) is 8.09. The van der Waals surface area contributed by atoms with E-state index in [4.69, 9.17) is 4.74 Å². The van der Waals surface area contributed by atoms with Crippen molar-refractivity contribution >= 4 is 21.8 Å². The normalized spacial score (nSPS) is 15.0. The van der Waals surface area contributed by atoms with Gasteiger partial charge in [-0.1, -0.05) is 34.1 Å². The quantitative estimate of drug-likeness (QED) is 0.737. The molecule has 1 amide bonds. The number of hydrogen-bond acceptors (Lipinski definition) is 3. The third-order valence-electron chi connectivity index (χ3n) is 4.74. The Hall–Kier alpha value is -1.85. The summed E-state index contributed by atoms with van der Waals surface area (Å²) in [6.45, 7) is 3.39. The average Bonchev–Trinajstić information content (AvgIpc) is 3.37. The number of carbonyl (C=O) groups excluding carboxylic acids is 1. The number of ether oxygens (including phenoxy) is 1. The van der Waals surface area contributed by atoms with Crippen LogP contribution in [-0.4, -0.2) is 38.1 Å². The fourth-order valence-corrected chi connectivity index (χ4v) is 3.36. The number of hydrogen-bond donors (Lipinski definition) is 1. The number of nitrogens with one attached hydrogen (secondary N) is 1. The van der Waals surface area contributed by atoms with Gasteiger partial charge in [-0.05, 0) is 69.3 Å². The summed E-state index contributed by atoms with van der Waals surface area (Å²) in [4.78, 5) is 15.0. The SMILES string of the molecule is Cc1ccc(OCCN(C)C)cc1C(=O)NC1(c2cccc(Br)c2)CC1. The third kappa shape index (κ3) is 4.46. The Morgan fingerprint density at radius 1 is 1.23 bits per heavy atom. The summed E-state index contributed by atoms with van der Waals surface area (Å²) in [6.07, 6.45) is 1.93. The molecule has 2 aromatic rings. The minimum atomic E-state index is -0.241. The van der Waals surface area contributed by atoms with Gasteiger partial charge in [-0.2, -0.15) is 0 Å². The molecule has 26 heavy (non-hydrogen) atoms. The molecule has 1 fully saturated rings. The molecule has 0 heterocycles. The molecule has 0 saturated heterocycles. The largest absolute Gasteiger partial charge is 0.492 e. The highest BCUT2D eigenvalue weighted by Gasteiger charge is 2.45. The van der Waals surface area contributed by atoms with E-state index in [9.17, 15) is 4.79 Å². The molecule has 0 spiro atoms. The van der Waals surface area contributed by atoms with Gasteiger partial charge < -0.3 is 15.0 Å². The van der Waals surface area contributed by atoms with Crippen molar-refractivity contribution < 1.29 is 9.53 Å². The summed E-state index contributed by atoms with van der Waals surface area (Å²) >= 11 is 3.52. The molecule has 138 valence electrons. The number of likely N-dealkylation sites (N-methyl/N-ethyl adjacent to an activating group) is 1. The zero-order valence-corrected chi connectivity index (χ0v) is 17.1. The van der Waals surface area contributed by atoms with Crippen molar-refractivity contribution in [2.75, 3.05) is 27.2 Å². The molecule has 1 aliphatic rings. The standard InChI is InChI=1S/C21H25BrN2O2/c1-15-7-8-18(26-12-11-24(2)3)14-19(15)20(25)23-21(9-10-21)16-5-4-6-17(22)13-16/h4-8,13-14H,9-12H2,1-3H3,(H,23,25). The van der Waals surface area contributed by atoms with Gasteiger partial charge in [0.15, 0.2) is 0 Å². The van der Waals surface area contributed by atoms with E-state index in [0.29, 0.717) is 12.2 Å². The zero-order valence-electron chi connectivity index (χ0n) is 15.5. The van der Waals surface area contributed by atoms with E-state index < -0.39 is 0 Å². The maximum Gasteiger partial charge on any atom is 0.252 e. The Morgan fingerprint density at radius 2 is 2.00 bits per heavy atom. The van der Waals surface area contributed by atoms with E-state index in [2.05, 4.69) is 38.3 Å². The Morgan fingerprint density at radius 3 is 2.65 bits per heavy atom. The molecule has 0 aromatic heterocycles. The lowest BCUT2D eigenvalue weighted by Crippen LogP contribution is -2.35. The van der Waals surface area contributed by atoms with Gasteiger partial charge in [-0.3, -0.25) is 4.79 Å². The number of aryl methyl sites for hydroxylation is 1. The van der Waals surface area contributed by atoms with Crippen molar-refractivity contribution in [1.82, 2.24) is 10.2 Å². The van der Waals surface area contributed by atoms with Crippen molar-refractivity contribution in [3.63, 3.8) is 0 Å². The van der Waals surface area contributed by atoms with Gasteiger partial charge in [0, 0.05) is 16.6 Å². The first kappa shape index (κ1) is 18.9. The van der Waals surface area contributed by atoms with Crippen LogP contribution in [0, 0.1) is 6.92 Å². The highest BCUT2D eigenvalue weighted by atomic mass is 79.9. The number of carbonyl (C=O) groups is 1. The second-order valence-electron chi connectivity index (χ2n) is 7.18. The third-order valence-corrected chi connectivity index (χ3v) is 5.23. The van der Waals surface area contributed by atoms with Crippen LogP contribution in [0.3, 0.4) is 0 Å². The molecule has 0 bridgehead atoms. The van der Waals surface area contributed by atoms with Gasteiger partial charge in [0.05, 0.1) is 5.54 Å². The van der Waals surface area contributed by atoms with Crippen LogP contribution in [0.2, 0.25) is 0 Å². The number of benzene rings is 2. The molecule has 0 atom stereocenters. The van der Waals surface area contributed by atoms with E-state index in [-0.39, 0.29) is 11.4 Å². The minimum Gasteiger partial charge on any atom is -0.492 e. The van der Waals surface area contributed by atoms with Crippen LogP contribution in [0.4, 0.5) is 0 Å². The van der Waals surface area contributed by atoms with Crippen molar-refractivity contribution in [3.8, 4) is 5.75 Å². The second kappa shape index (κ2) is 7.80. The van der Waals surface area contributed by atoms with Gasteiger partial charge in [0.1, 0.15) is 12.4 Å². The zero-order chi connectivity index (χ0) is 18.7. The number of halogens is 1. The Balaban J connectivity index is 1.73. The van der Waals surface area contributed by atoms with Gasteiger partial charge in [-0.15, -0.1) is 0 Å². The monoisotopic (exact) mass is 416 g/mol. The number of rotatable bonds is 7. The van der Waals surface area contributed by atoms with Crippen molar-refractivity contribution in [2.45, 2.75) is 25.3 Å². The summed E-state index contributed by atoms with van der Waals surface area (Å²) in [7, 11) is 4.02. The van der Waals surface area contributed by atoms with Crippen LogP contribution in [0.15, 0.2) is 46.9 Å². The number of amides is 1. The molecule has 1 N–H and O–H groups in total. The molecular weight excluding hydrogens is 392 g/mol. The van der Waals surface area contributed by atoms with E-state index in [1.807, 2.05) is 51.4 Å². The van der Waals surface area contributed by atoms with Crippen LogP contribution in [0.5, 0.6) is 5.75 Å². The molecule has 3 rings (SSSR count). The smallest absolute Gasteiger partial charge is 0.252 e. The molecule has 1 saturated carbocycles. The summed E-state index contributed by atoms with van der Waals surface area (Å²) < 4.78 is 6.81. The maximum atomic E-state index is 12.9. The molecule has 0 aliphatic heterocycles. The minimum absolute atomic E-state index is 0.0435. The first-order valence-electron chi connectivity index (χ1n) is 8.86. The molecule has 0 radical (unpaired) electrons. The molecule has 5 heteroatoms. The van der Waals surface area contributed by atoms with Gasteiger partial charge in [0.2, 0.25) is 0 Å². The highest BCUT2D eigenvalue weighted by Crippen LogP contribution is 2.46. The van der Waals surface area contributed by atoms with Crippen LogP contribution in [0.25, 0.3) is 0 Å². The lowest BCUT2D eigenvalue weighted by atomic mass is 10.0. The number of nitrogens with zero attached hydrogens (tertiary/aromatic N) is 1. The van der Waals surface area contributed by atoms with E-state index in [1.54, 1.807) is 0 Å². The Labute approximate surface area is 163 Å². The molecule has 2 aromatic carbocycles. The van der Waals surface area contributed by atoms with Crippen molar-refractivity contribution in [1.29, 1.82) is 0 Å². The first-order chi connectivity index (χ1) is 12.4. The summed E-state index contributed by atoms with van der Waals surface area (Å²) in [5.74, 6) is 0.688. The van der Waals surface area contributed by atoms with Crippen LogP contribution in [-0.2, 0) is 5.54 Å². The summed E-state index contributed by atoms with van der Waals surface area (Å²) in [5.41, 5.74) is 2.53. The molecule has 1 aliphatic carbocycles. The fourth-order valence-electron chi connectivity index (χ4n) is 2.96. The van der Waals surface area contributed by atoms with Crippen LogP contribution >= 0.6 is 15.9 Å². The predicted octanol–water partition coefficient (Wildman–Crippen LogP) is 4.12.